The lowest BCUT2D eigenvalue weighted by Gasteiger charge is -2.23. The van der Waals surface area contributed by atoms with Gasteiger partial charge in [-0.05, 0) is 31.9 Å². The van der Waals surface area contributed by atoms with Gasteiger partial charge in [0.05, 0.1) is 6.61 Å². The first kappa shape index (κ1) is 20.0. The Bertz CT molecular complexity index is 568. The minimum atomic E-state index is -1.98. The van der Waals surface area contributed by atoms with Crippen LogP contribution in [0.4, 0.5) is 0 Å². The Morgan fingerprint density at radius 1 is 1.17 bits per heavy atom. The van der Waals surface area contributed by atoms with E-state index in [9.17, 15) is 14.5 Å². The first-order valence-electron chi connectivity index (χ1n) is 8.09. The molecule has 0 spiro atoms. The van der Waals surface area contributed by atoms with E-state index in [2.05, 4.69) is 0 Å². The second-order valence-corrected chi connectivity index (χ2v) is 8.22. The maximum Gasteiger partial charge on any atom is 0.356 e. The number of aryl methyl sites for hydroxylation is 3. The molecule has 5 heteroatoms. The molecule has 1 rings (SSSR count). The van der Waals surface area contributed by atoms with E-state index in [4.69, 9.17) is 5.11 Å². The Labute approximate surface area is 139 Å². The van der Waals surface area contributed by atoms with Gasteiger partial charge in [0.2, 0.25) is 10.9 Å². The summed E-state index contributed by atoms with van der Waals surface area (Å²) >= 11 is 0. The minimum absolute atomic E-state index is 0.0524. The molecule has 1 aromatic rings. The molecule has 0 bridgehead atoms. The van der Waals surface area contributed by atoms with Crippen molar-refractivity contribution in [1.82, 2.24) is 0 Å². The number of rotatable bonds is 8. The summed E-state index contributed by atoms with van der Waals surface area (Å²) in [6.07, 6.45) is -0.210. The normalized spacial score (nSPS) is 13.8. The molecule has 0 fully saturated rings. The minimum Gasteiger partial charge on any atom is -0.394 e. The average Bonchev–Trinajstić information content (AvgIpc) is 2.47. The van der Waals surface area contributed by atoms with Gasteiger partial charge in [-0.3, -0.25) is 4.79 Å². The van der Waals surface area contributed by atoms with Gasteiger partial charge in [-0.25, -0.2) is 0 Å². The highest BCUT2D eigenvalue weighted by atomic mass is 31.1. The molecule has 4 nitrogen and oxygen atoms in total. The first-order valence-corrected chi connectivity index (χ1v) is 9.54. The number of carbonyl (C=O) groups excluding carboxylic acids is 1. The van der Waals surface area contributed by atoms with Crippen molar-refractivity contribution in [3.05, 3.63) is 34.4 Å². The Morgan fingerprint density at radius 3 is 2.04 bits per heavy atom. The van der Waals surface area contributed by atoms with Crippen LogP contribution in [-0.4, -0.2) is 40.0 Å². The monoisotopic (exact) mass is 339 g/mol. The van der Waals surface area contributed by atoms with Gasteiger partial charge in [-0.15, -0.1) is 0 Å². The Morgan fingerprint density at radius 2 is 1.65 bits per heavy atom. The Balaban J connectivity index is 3.35. The molecule has 0 aliphatic heterocycles. The molecule has 1 aromatic carbocycles. The molecule has 2 unspecified atom stereocenters. The second-order valence-electron chi connectivity index (χ2n) is 6.24. The van der Waals surface area contributed by atoms with Crippen LogP contribution in [0.3, 0.4) is 0 Å². The Kier molecular flexibility index (Phi) is 7.06. The fourth-order valence-electron chi connectivity index (χ4n) is 3.23. The highest BCUT2D eigenvalue weighted by molar-refractivity contribution is 7.48. The van der Waals surface area contributed by atoms with Crippen molar-refractivity contribution in [2.45, 2.75) is 58.7 Å². The number of carbonyl (C=O) groups is 1. The van der Waals surface area contributed by atoms with E-state index in [0.29, 0.717) is 18.4 Å². The van der Waals surface area contributed by atoms with Crippen LogP contribution in [0.1, 0.15) is 53.7 Å². The molecule has 0 radical (unpaired) electrons. The van der Waals surface area contributed by atoms with Crippen LogP contribution in [0, 0.1) is 20.8 Å². The quantitative estimate of drug-likeness (QED) is 0.561. The molecular formula is C18H28O4P+. The highest BCUT2D eigenvalue weighted by Crippen LogP contribution is 2.47. The van der Waals surface area contributed by atoms with Crippen LogP contribution in [0.5, 0.6) is 0 Å². The van der Waals surface area contributed by atoms with Gasteiger partial charge in [-0.1, -0.05) is 36.1 Å². The number of hydrogen-bond donors (Lipinski definition) is 2. The third kappa shape index (κ3) is 4.06. The average molecular weight is 339 g/mol. The zero-order valence-corrected chi connectivity index (χ0v) is 15.6. The summed E-state index contributed by atoms with van der Waals surface area (Å²) in [5, 5.41) is 17.7. The standard InChI is InChI=1S/C18H28O4P/c1-6-18(7-2,23(22)11-15(20)10-19)17(21)16-13(4)8-12(3)9-14(16)5/h8-9,15,19-20H,6-7,10-11H2,1-5H3/q+1. The van der Waals surface area contributed by atoms with Crippen molar-refractivity contribution < 1.29 is 19.6 Å². The molecule has 0 aromatic heterocycles. The topological polar surface area (TPSA) is 74.6 Å². The number of benzene rings is 1. The van der Waals surface area contributed by atoms with Crippen molar-refractivity contribution in [3.63, 3.8) is 0 Å². The van der Waals surface area contributed by atoms with E-state index >= 15 is 0 Å². The number of aliphatic hydroxyl groups excluding tert-OH is 2. The molecule has 0 saturated carbocycles. The van der Waals surface area contributed by atoms with E-state index in [1.54, 1.807) is 0 Å². The van der Waals surface area contributed by atoms with E-state index in [1.165, 1.54) is 0 Å². The largest absolute Gasteiger partial charge is 0.394 e. The summed E-state index contributed by atoms with van der Waals surface area (Å²) in [5.41, 5.74) is 3.52. The summed E-state index contributed by atoms with van der Waals surface area (Å²) in [4.78, 5) is 13.3. The first-order chi connectivity index (χ1) is 10.7. The van der Waals surface area contributed by atoms with Crippen molar-refractivity contribution in [3.8, 4) is 0 Å². The Hall–Kier alpha value is -1.09. The van der Waals surface area contributed by atoms with Crippen LogP contribution >= 0.6 is 7.80 Å². The number of Topliss-reactive ketones (excluding diaryl/α,β-unsaturated/α-hetero) is 1. The van der Waals surface area contributed by atoms with Crippen LogP contribution in [0.25, 0.3) is 0 Å². The predicted molar refractivity (Wildman–Crippen MR) is 93.9 cm³/mol. The second kappa shape index (κ2) is 8.14. The van der Waals surface area contributed by atoms with Crippen LogP contribution in [0.2, 0.25) is 0 Å². The molecule has 0 saturated heterocycles. The molecule has 128 valence electrons. The zero-order valence-electron chi connectivity index (χ0n) is 14.7. The van der Waals surface area contributed by atoms with Gasteiger partial charge in [-0.2, -0.15) is 0 Å². The fraction of sp³-hybridized carbons (Fsp3) is 0.611. The fourth-order valence-corrected chi connectivity index (χ4v) is 5.12. The molecule has 0 heterocycles. The molecule has 2 N–H and O–H groups in total. The third-order valence-corrected chi connectivity index (χ3v) is 7.10. The van der Waals surface area contributed by atoms with E-state index in [-0.39, 0.29) is 11.9 Å². The molecular weight excluding hydrogens is 311 g/mol. The van der Waals surface area contributed by atoms with E-state index in [1.807, 2.05) is 46.8 Å². The van der Waals surface area contributed by atoms with Crippen LogP contribution < -0.4 is 0 Å². The lowest BCUT2D eigenvalue weighted by Crippen LogP contribution is -2.37. The molecule has 0 aliphatic carbocycles. The van der Waals surface area contributed by atoms with Gasteiger partial charge in [0.25, 0.3) is 0 Å². The smallest absolute Gasteiger partial charge is 0.356 e. The van der Waals surface area contributed by atoms with Gasteiger partial charge >= 0.3 is 7.80 Å². The van der Waals surface area contributed by atoms with Crippen molar-refractivity contribution >= 4 is 13.6 Å². The summed E-state index contributed by atoms with van der Waals surface area (Å²) in [5.74, 6) is -0.108. The van der Waals surface area contributed by atoms with Crippen LogP contribution in [-0.2, 0) is 4.57 Å². The van der Waals surface area contributed by atoms with Crippen molar-refractivity contribution in [1.29, 1.82) is 0 Å². The number of aliphatic hydroxyl groups is 2. The zero-order chi connectivity index (χ0) is 17.8. The van der Waals surface area contributed by atoms with Gasteiger partial charge in [0.15, 0.2) is 6.16 Å². The highest BCUT2D eigenvalue weighted by Gasteiger charge is 2.53. The number of ketones is 1. The van der Waals surface area contributed by atoms with Crippen LogP contribution in [0.15, 0.2) is 12.1 Å². The van der Waals surface area contributed by atoms with Gasteiger partial charge < -0.3 is 10.2 Å². The molecule has 2 atom stereocenters. The SMILES string of the molecule is CCC(CC)(C(=O)c1c(C)cc(C)cc1C)[P+](=O)CC(O)CO. The summed E-state index contributed by atoms with van der Waals surface area (Å²) < 4.78 is 12.9. The lowest BCUT2D eigenvalue weighted by atomic mass is 9.86. The van der Waals surface area contributed by atoms with Gasteiger partial charge in [0.1, 0.15) is 6.10 Å². The maximum atomic E-state index is 13.3. The van der Waals surface area contributed by atoms with E-state index < -0.39 is 25.7 Å². The number of hydrogen-bond acceptors (Lipinski definition) is 4. The molecule has 0 aliphatic rings. The van der Waals surface area contributed by atoms with E-state index in [0.717, 1.165) is 16.7 Å². The third-order valence-electron chi connectivity index (χ3n) is 4.56. The maximum absolute atomic E-state index is 13.3. The molecule has 23 heavy (non-hydrogen) atoms. The van der Waals surface area contributed by atoms with Crippen molar-refractivity contribution in [2.24, 2.45) is 0 Å². The van der Waals surface area contributed by atoms with Crippen molar-refractivity contribution in [2.75, 3.05) is 12.8 Å². The predicted octanol–water partition coefficient (Wildman–Crippen LogP) is 3.53. The summed E-state index contributed by atoms with van der Waals surface area (Å²) in [6, 6.07) is 3.93. The lowest BCUT2D eigenvalue weighted by molar-refractivity contribution is 0.0925. The summed E-state index contributed by atoms with van der Waals surface area (Å²) in [6.45, 7) is 9.07. The molecule has 0 amide bonds. The summed E-state index contributed by atoms with van der Waals surface area (Å²) in [7, 11) is -1.98. The van der Waals surface area contributed by atoms with Gasteiger partial charge in [0, 0.05) is 18.4 Å².